The van der Waals surface area contributed by atoms with Gasteiger partial charge in [-0.3, -0.25) is 0 Å². The predicted octanol–water partition coefficient (Wildman–Crippen LogP) is 0.345. The van der Waals surface area contributed by atoms with Crippen LogP contribution in [0.2, 0.25) is 0 Å². The molecule has 36 valence electrons. The molecule has 0 bridgehead atoms. The Balaban J connectivity index is 3.68. The highest BCUT2D eigenvalue weighted by Gasteiger charge is 1.91. The van der Waals surface area contributed by atoms with Gasteiger partial charge in [-0.1, -0.05) is 0 Å². The average molecular weight is 92.0 g/mol. The van der Waals surface area contributed by atoms with Crippen LogP contribution in [0.5, 0.6) is 0 Å². The average Bonchev–Trinajstić information content (AvgIpc) is 1.36. The summed E-state index contributed by atoms with van der Waals surface area (Å²) in [5.41, 5.74) is 0. The first kappa shape index (κ1) is 4.94. The molecular weight excluding hydrogens is 88.0 g/mol. The van der Waals surface area contributed by atoms with Crippen LogP contribution in [0.25, 0.3) is 0 Å². The van der Waals surface area contributed by atoms with Gasteiger partial charge in [0.25, 0.3) is 0 Å². The van der Waals surface area contributed by atoms with Crippen molar-refractivity contribution in [2.75, 3.05) is 0 Å². The van der Waals surface area contributed by atoms with Crippen LogP contribution in [0.4, 0.5) is 0 Å². The van der Waals surface area contributed by atoms with Gasteiger partial charge >= 0.3 is 11.9 Å². The second-order valence-electron chi connectivity index (χ2n) is 0.647. The van der Waals surface area contributed by atoms with Crippen molar-refractivity contribution < 1.29 is 20.4 Å². The van der Waals surface area contributed by atoms with E-state index in [0.29, 0.717) is 0 Å². The van der Waals surface area contributed by atoms with Crippen molar-refractivity contribution in [1.29, 1.82) is 0 Å². The lowest BCUT2D eigenvalue weighted by Gasteiger charge is -1.83. The minimum Gasteiger partial charge on any atom is -0.476 e. The topological polar surface area (TPSA) is 80.9 Å². The molecule has 0 unspecified atom stereocenters. The van der Waals surface area contributed by atoms with Gasteiger partial charge in [-0.15, -0.1) is 0 Å². The fourth-order valence-electron chi connectivity index (χ4n) is 0. The fourth-order valence-corrected chi connectivity index (χ4v) is 0. The van der Waals surface area contributed by atoms with E-state index in [-0.39, 0.29) is 0 Å². The SMILES string of the molecule is OC(O)=C(O)O. The Labute approximate surface area is 33.6 Å². The van der Waals surface area contributed by atoms with Crippen LogP contribution in [0.3, 0.4) is 0 Å². The minimum atomic E-state index is -1.46. The third-order valence-electron chi connectivity index (χ3n) is 0.200. The second-order valence-corrected chi connectivity index (χ2v) is 0.647. The molecule has 6 heavy (non-hydrogen) atoms. The van der Waals surface area contributed by atoms with E-state index in [1.807, 2.05) is 0 Å². The summed E-state index contributed by atoms with van der Waals surface area (Å²) in [6, 6.07) is 0. The maximum absolute atomic E-state index is 7.56. The van der Waals surface area contributed by atoms with E-state index >= 15 is 0 Å². The van der Waals surface area contributed by atoms with Crippen LogP contribution >= 0.6 is 0 Å². The Morgan fingerprint density at radius 2 is 0.833 bits per heavy atom. The maximum atomic E-state index is 7.56. The molecule has 0 radical (unpaired) electrons. The van der Waals surface area contributed by atoms with Crippen molar-refractivity contribution in [1.82, 2.24) is 0 Å². The highest BCUT2D eigenvalue weighted by Crippen LogP contribution is 1.82. The van der Waals surface area contributed by atoms with Crippen LogP contribution in [-0.4, -0.2) is 20.4 Å². The Morgan fingerprint density at radius 1 is 0.667 bits per heavy atom. The molecule has 0 aliphatic rings. The number of aliphatic hydroxyl groups excluding tert-OH is 2. The van der Waals surface area contributed by atoms with Gasteiger partial charge in [0.05, 0.1) is 0 Å². The van der Waals surface area contributed by atoms with E-state index in [1.165, 1.54) is 0 Å². The van der Waals surface area contributed by atoms with E-state index < -0.39 is 11.9 Å². The largest absolute Gasteiger partial charge is 0.476 e. The number of hydrogen-bond acceptors (Lipinski definition) is 4. The Bertz CT molecular complexity index is 55.6. The van der Waals surface area contributed by atoms with Crippen LogP contribution in [0, 0.1) is 0 Å². The second kappa shape index (κ2) is 1.40. The zero-order valence-electron chi connectivity index (χ0n) is 2.79. The quantitative estimate of drug-likeness (QED) is 0.325. The predicted molar refractivity (Wildman–Crippen MR) is 17.5 cm³/mol. The first-order valence-electron chi connectivity index (χ1n) is 1.14. The summed E-state index contributed by atoms with van der Waals surface area (Å²) in [5, 5.41) is 30.3. The molecule has 0 aromatic rings. The first-order valence-corrected chi connectivity index (χ1v) is 1.14. The molecular formula is C2H4O4. The van der Waals surface area contributed by atoms with Crippen molar-refractivity contribution >= 4 is 0 Å². The molecule has 0 aliphatic carbocycles. The standard InChI is InChI=1S/C2H4O4/c3-1(4)2(5)6/h3-6H. The lowest BCUT2D eigenvalue weighted by atomic mass is 10.9. The van der Waals surface area contributed by atoms with Crippen LogP contribution in [0.1, 0.15) is 0 Å². The molecule has 0 atom stereocenters. The van der Waals surface area contributed by atoms with Gasteiger partial charge in [0.2, 0.25) is 0 Å². The molecule has 0 saturated carbocycles. The van der Waals surface area contributed by atoms with Crippen LogP contribution < -0.4 is 0 Å². The van der Waals surface area contributed by atoms with Crippen molar-refractivity contribution in [3.05, 3.63) is 11.9 Å². The molecule has 0 saturated heterocycles. The molecule has 0 amide bonds. The Hall–Kier alpha value is -1.06. The highest BCUT2D eigenvalue weighted by molar-refractivity contribution is 4.73. The molecule has 0 aromatic carbocycles. The van der Waals surface area contributed by atoms with E-state index in [4.69, 9.17) is 20.4 Å². The monoisotopic (exact) mass is 92.0 g/mol. The molecule has 4 heteroatoms. The summed E-state index contributed by atoms with van der Waals surface area (Å²) in [5.74, 6) is -2.93. The number of aliphatic hydroxyl groups is 4. The normalized spacial score (nSPS) is 7.33. The minimum absolute atomic E-state index is 1.46. The summed E-state index contributed by atoms with van der Waals surface area (Å²) in [7, 11) is 0. The summed E-state index contributed by atoms with van der Waals surface area (Å²) < 4.78 is 0. The third kappa shape index (κ3) is 1.28. The molecule has 0 spiro atoms. The van der Waals surface area contributed by atoms with Gasteiger partial charge in [0.1, 0.15) is 0 Å². The maximum Gasteiger partial charge on any atom is 0.358 e. The molecule has 0 aromatic heterocycles. The zero-order chi connectivity index (χ0) is 5.15. The highest BCUT2D eigenvalue weighted by atomic mass is 16.5. The molecule has 0 fully saturated rings. The Morgan fingerprint density at radius 3 is 0.833 bits per heavy atom. The van der Waals surface area contributed by atoms with Crippen molar-refractivity contribution in [2.45, 2.75) is 0 Å². The Kier molecular flexibility index (Phi) is 1.15. The van der Waals surface area contributed by atoms with Crippen molar-refractivity contribution in [2.24, 2.45) is 0 Å². The summed E-state index contributed by atoms with van der Waals surface area (Å²) in [6.45, 7) is 0. The lowest BCUT2D eigenvalue weighted by molar-refractivity contribution is 0.0883. The van der Waals surface area contributed by atoms with Gasteiger partial charge < -0.3 is 20.4 Å². The molecule has 0 heterocycles. The molecule has 0 aliphatic heterocycles. The van der Waals surface area contributed by atoms with E-state index in [0.717, 1.165) is 0 Å². The fraction of sp³-hybridized carbons (Fsp3) is 0. The third-order valence-corrected chi connectivity index (χ3v) is 0.200. The molecule has 4 N–H and O–H groups in total. The number of rotatable bonds is 0. The van der Waals surface area contributed by atoms with E-state index in [1.54, 1.807) is 0 Å². The van der Waals surface area contributed by atoms with Crippen molar-refractivity contribution in [3.8, 4) is 0 Å². The summed E-state index contributed by atoms with van der Waals surface area (Å²) in [4.78, 5) is 0. The van der Waals surface area contributed by atoms with Gasteiger partial charge in [-0.05, 0) is 0 Å². The molecule has 0 rings (SSSR count). The number of hydrogen-bond donors (Lipinski definition) is 4. The lowest BCUT2D eigenvalue weighted by Crippen LogP contribution is -1.84. The van der Waals surface area contributed by atoms with Gasteiger partial charge in [0.15, 0.2) is 0 Å². The molecule has 4 nitrogen and oxygen atoms in total. The zero-order valence-corrected chi connectivity index (χ0v) is 2.79. The van der Waals surface area contributed by atoms with E-state index in [9.17, 15) is 0 Å². The van der Waals surface area contributed by atoms with Gasteiger partial charge in [-0.25, -0.2) is 0 Å². The van der Waals surface area contributed by atoms with E-state index in [2.05, 4.69) is 0 Å². The van der Waals surface area contributed by atoms with Gasteiger partial charge in [-0.2, -0.15) is 0 Å². The van der Waals surface area contributed by atoms with Crippen LogP contribution in [0.15, 0.2) is 11.9 Å². The van der Waals surface area contributed by atoms with Crippen molar-refractivity contribution in [3.63, 3.8) is 0 Å². The van der Waals surface area contributed by atoms with Gasteiger partial charge in [0, 0.05) is 0 Å². The summed E-state index contributed by atoms with van der Waals surface area (Å²) in [6.07, 6.45) is 0. The van der Waals surface area contributed by atoms with Crippen LogP contribution in [-0.2, 0) is 0 Å². The summed E-state index contributed by atoms with van der Waals surface area (Å²) >= 11 is 0. The smallest absolute Gasteiger partial charge is 0.358 e. The first-order chi connectivity index (χ1) is 2.64.